The predicted molar refractivity (Wildman–Crippen MR) is 64.0 cm³/mol. The Morgan fingerprint density at radius 3 is 2.79 bits per heavy atom. The second-order valence-corrected chi connectivity index (χ2v) is 4.63. The summed E-state index contributed by atoms with van der Waals surface area (Å²) in [4.78, 5) is 0. The Morgan fingerprint density at radius 2 is 2.21 bits per heavy atom. The molecule has 0 spiro atoms. The molecule has 1 N–H and O–H groups in total. The average molecular weight is 304 g/mol. The van der Waals surface area contributed by atoms with Crippen LogP contribution in [0.4, 0.5) is 0 Å². The third-order valence-corrected chi connectivity index (χ3v) is 3.52. The third kappa shape index (κ3) is 1.97. The fourth-order valence-corrected chi connectivity index (χ4v) is 2.46. The minimum Gasteiger partial charge on any atom is -0.508 e. The maximum Gasteiger partial charge on any atom is 0.136 e. The van der Waals surface area contributed by atoms with E-state index in [4.69, 9.17) is 4.74 Å². The predicted octanol–water partition coefficient (Wildman–Crippen LogP) is 3.27. The maximum atomic E-state index is 9.54. The zero-order valence-corrected chi connectivity index (χ0v) is 10.2. The summed E-state index contributed by atoms with van der Waals surface area (Å²) in [6, 6.07) is 3.55. The maximum absolute atomic E-state index is 9.54. The van der Waals surface area contributed by atoms with Crippen LogP contribution < -0.4 is 4.74 Å². The molecule has 0 aliphatic heterocycles. The number of phenolic OH excluding ortho intramolecular Hbond substituents is 1. The highest BCUT2D eigenvalue weighted by Gasteiger charge is 2.27. The molecule has 76 valence electrons. The molecule has 0 saturated heterocycles. The molecule has 0 heterocycles. The molecule has 2 rings (SSSR count). The Hall–Kier alpha value is -0.450. The summed E-state index contributed by atoms with van der Waals surface area (Å²) in [5, 5.41) is 9.54. The number of hydrogen-bond donors (Lipinski definition) is 1. The van der Waals surface area contributed by atoms with Crippen molar-refractivity contribution in [1.82, 2.24) is 0 Å². The molecule has 0 bridgehead atoms. The topological polar surface area (TPSA) is 29.5 Å². The van der Waals surface area contributed by atoms with Gasteiger partial charge in [0.05, 0.1) is 10.2 Å². The minimum absolute atomic E-state index is 0.316. The van der Waals surface area contributed by atoms with Gasteiger partial charge in [0.25, 0.3) is 0 Å². The molecule has 0 unspecified atom stereocenters. The minimum atomic E-state index is 0.316. The number of hydrogen-bond acceptors (Lipinski definition) is 2. The zero-order valence-electron chi connectivity index (χ0n) is 8.09. The molecule has 3 heteroatoms. The molecule has 2 nitrogen and oxygen atoms in total. The summed E-state index contributed by atoms with van der Waals surface area (Å²) in [5.41, 5.74) is 1.24. The van der Waals surface area contributed by atoms with Crippen LogP contribution in [0, 0.1) is 3.57 Å². The van der Waals surface area contributed by atoms with Gasteiger partial charge in [-0.1, -0.05) is 0 Å². The van der Waals surface area contributed by atoms with Crippen LogP contribution in [0.1, 0.15) is 31.2 Å². The summed E-state index contributed by atoms with van der Waals surface area (Å²) in [5.74, 6) is 1.78. The first kappa shape index (κ1) is 10.1. The second-order valence-electron chi connectivity index (χ2n) is 3.55. The van der Waals surface area contributed by atoms with E-state index in [0.29, 0.717) is 18.3 Å². The van der Waals surface area contributed by atoms with Gasteiger partial charge in [0, 0.05) is 6.07 Å². The first-order chi connectivity index (χ1) is 6.72. The molecule has 1 saturated carbocycles. The first-order valence-electron chi connectivity index (χ1n) is 4.87. The van der Waals surface area contributed by atoms with E-state index in [2.05, 4.69) is 22.6 Å². The van der Waals surface area contributed by atoms with Crippen molar-refractivity contribution >= 4 is 22.6 Å². The number of aromatic hydroxyl groups is 1. The number of phenols is 1. The summed E-state index contributed by atoms with van der Waals surface area (Å²) >= 11 is 2.30. The summed E-state index contributed by atoms with van der Waals surface area (Å²) in [6.07, 6.45) is 2.48. The van der Waals surface area contributed by atoms with Crippen LogP contribution in [-0.2, 0) is 0 Å². The monoisotopic (exact) mass is 304 g/mol. The Labute approximate surface area is 97.4 Å². The fourth-order valence-electron chi connectivity index (χ4n) is 1.56. The van der Waals surface area contributed by atoms with Crippen molar-refractivity contribution in [3.63, 3.8) is 0 Å². The molecule has 0 aromatic heterocycles. The van der Waals surface area contributed by atoms with Gasteiger partial charge in [0.1, 0.15) is 11.5 Å². The van der Waals surface area contributed by atoms with Crippen LogP contribution in [0.5, 0.6) is 11.5 Å². The smallest absolute Gasteiger partial charge is 0.136 e. The third-order valence-electron chi connectivity index (χ3n) is 2.37. The highest BCUT2D eigenvalue weighted by Crippen LogP contribution is 2.45. The molecule has 1 aliphatic rings. The van der Waals surface area contributed by atoms with Gasteiger partial charge in [0.2, 0.25) is 0 Å². The largest absolute Gasteiger partial charge is 0.508 e. The van der Waals surface area contributed by atoms with Gasteiger partial charge in [0.15, 0.2) is 0 Å². The van der Waals surface area contributed by atoms with Crippen LogP contribution in [0.25, 0.3) is 0 Å². The van der Waals surface area contributed by atoms with Crippen molar-refractivity contribution in [2.75, 3.05) is 6.61 Å². The number of rotatable bonds is 3. The molecule has 1 fully saturated rings. The molecular formula is C11H13IO2. The van der Waals surface area contributed by atoms with Crippen molar-refractivity contribution in [3.8, 4) is 11.5 Å². The Kier molecular flexibility index (Phi) is 2.85. The van der Waals surface area contributed by atoms with Crippen molar-refractivity contribution in [1.29, 1.82) is 0 Å². The molecule has 0 atom stereocenters. The molecule has 0 amide bonds. The van der Waals surface area contributed by atoms with Gasteiger partial charge in [-0.25, -0.2) is 0 Å². The Balaban J connectivity index is 2.39. The van der Waals surface area contributed by atoms with E-state index < -0.39 is 0 Å². The molecule has 14 heavy (non-hydrogen) atoms. The Morgan fingerprint density at radius 1 is 1.50 bits per heavy atom. The van der Waals surface area contributed by atoms with E-state index in [1.807, 2.05) is 13.0 Å². The van der Waals surface area contributed by atoms with Gasteiger partial charge in [-0.2, -0.15) is 0 Å². The van der Waals surface area contributed by atoms with Gasteiger partial charge in [-0.05, 0) is 59.9 Å². The zero-order chi connectivity index (χ0) is 10.1. The molecular weight excluding hydrogens is 291 g/mol. The van der Waals surface area contributed by atoms with Gasteiger partial charge in [-0.3, -0.25) is 0 Å². The lowest BCUT2D eigenvalue weighted by Crippen LogP contribution is -1.96. The number of ether oxygens (including phenoxy) is 1. The van der Waals surface area contributed by atoms with Crippen LogP contribution in [0.3, 0.4) is 0 Å². The molecule has 1 aromatic carbocycles. The van der Waals surface area contributed by atoms with Gasteiger partial charge in [-0.15, -0.1) is 0 Å². The van der Waals surface area contributed by atoms with Gasteiger partial charge < -0.3 is 9.84 Å². The molecule has 0 radical (unpaired) electrons. The molecule has 1 aliphatic carbocycles. The quantitative estimate of drug-likeness (QED) is 0.869. The SMILES string of the molecule is CCOc1cc(O)cc(C2CC2)c1I. The second kappa shape index (κ2) is 3.96. The summed E-state index contributed by atoms with van der Waals surface area (Å²) < 4.78 is 6.63. The van der Waals surface area contributed by atoms with Crippen molar-refractivity contribution in [2.45, 2.75) is 25.7 Å². The number of benzene rings is 1. The lowest BCUT2D eigenvalue weighted by molar-refractivity contribution is 0.334. The fraction of sp³-hybridized carbons (Fsp3) is 0.455. The highest BCUT2D eigenvalue weighted by molar-refractivity contribution is 14.1. The van der Waals surface area contributed by atoms with E-state index >= 15 is 0 Å². The number of halogens is 1. The first-order valence-corrected chi connectivity index (χ1v) is 5.95. The van der Waals surface area contributed by atoms with E-state index in [-0.39, 0.29) is 0 Å². The van der Waals surface area contributed by atoms with E-state index in [1.54, 1.807) is 6.07 Å². The van der Waals surface area contributed by atoms with Crippen LogP contribution in [-0.4, -0.2) is 11.7 Å². The van der Waals surface area contributed by atoms with E-state index in [9.17, 15) is 5.11 Å². The van der Waals surface area contributed by atoms with Crippen molar-refractivity contribution in [3.05, 3.63) is 21.3 Å². The molecule has 1 aromatic rings. The van der Waals surface area contributed by atoms with Crippen LogP contribution in [0.15, 0.2) is 12.1 Å². The normalized spacial score (nSPS) is 15.6. The summed E-state index contributed by atoms with van der Waals surface area (Å²) in [7, 11) is 0. The van der Waals surface area contributed by atoms with Crippen molar-refractivity contribution in [2.24, 2.45) is 0 Å². The lowest BCUT2D eigenvalue weighted by atomic mass is 10.1. The highest BCUT2D eigenvalue weighted by atomic mass is 127. The summed E-state index contributed by atoms with van der Waals surface area (Å²) in [6.45, 7) is 2.60. The van der Waals surface area contributed by atoms with Crippen molar-refractivity contribution < 1.29 is 9.84 Å². The Bertz CT molecular complexity index is 345. The van der Waals surface area contributed by atoms with Crippen LogP contribution in [0.2, 0.25) is 0 Å². The van der Waals surface area contributed by atoms with Crippen LogP contribution >= 0.6 is 22.6 Å². The standard InChI is InChI=1S/C11H13IO2/c1-2-14-10-6-8(13)5-9(11(10)12)7-3-4-7/h5-7,13H,2-4H2,1H3. The van der Waals surface area contributed by atoms with E-state index in [1.165, 1.54) is 18.4 Å². The van der Waals surface area contributed by atoms with E-state index in [0.717, 1.165) is 9.32 Å². The lowest BCUT2D eigenvalue weighted by Gasteiger charge is -2.10. The van der Waals surface area contributed by atoms with Gasteiger partial charge >= 0.3 is 0 Å². The average Bonchev–Trinajstić information content (AvgIpc) is 2.94.